The molecule has 3 aromatic rings. The fourth-order valence-electron chi connectivity index (χ4n) is 2.88. The van der Waals surface area contributed by atoms with Gasteiger partial charge < -0.3 is 14.8 Å². The van der Waals surface area contributed by atoms with Gasteiger partial charge in [-0.05, 0) is 55.0 Å². The Labute approximate surface area is 172 Å². The molecule has 4 nitrogen and oxygen atoms in total. The van der Waals surface area contributed by atoms with Crippen molar-refractivity contribution >= 4 is 11.6 Å². The van der Waals surface area contributed by atoms with E-state index in [4.69, 9.17) is 9.47 Å². The van der Waals surface area contributed by atoms with Crippen molar-refractivity contribution in [2.75, 3.05) is 12.4 Å². The summed E-state index contributed by atoms with van der Waals surface area (Å²) >= 11 is 0. The molecule has 0 aliphatic rings. The second-order valence-electron chi connectivity index (χ2n) is 6.61. The number of carbonyl (C=O) groups excluding carboxylic acids is 1. The maximum atomic E-state index is 12.9. The molecule has 0 saturated carbocycles. The second kappa shape index (κ2) is 8.90. The summed E-state index contributed by atoms with van der Waals surface area (Å²) in [6.45, 7) is 2.09. The van der Waals surface area contributed by atoms with Crippen molar-refractivity contribution in [3.05, 3.63) is 89.0 Å². The predicted octanol–water partition coefficient (Wildman–Crippen LogP) is 5.85. The number of carbonyl (C=O) groups is 1. The minimum atomic E-state index is -4.49. The average molecular weight is 415 g/mol. The maximum absolute atomic E-state index is 12.9. The highest BCUT2D eigenvalue weighted by Gasteiger charge is 2.30. The lowest BCUT2D eigenvalue weighted by atomic mass is 10.1. The molecule has 0 unspecified atom stereocenters. The Bertz CT molecular complexity index is 1050. The summed E-state index contributed by atoms with van der Waals surface area (Å²) in [5, 5.41) is 2.50. The molecule has 0 aliphatic carbocycles. The number of amides is 1. The number of aryl methyl sites for hydroxylation is 1. The summed E-state index contributed by atoms with van der Waals surface area (Å²) in [6, 6.07) is 16.8. The molecular weight excluding hydrogens is 395 g/mol. The van der Waals surface area contributed by atoms with Gasteiger partial charge >= 0.3 is 6.18 Å². The zero-order valence-corrected chi connectivity index (χ0v) is 16.4. The predicted molar refractivity (Wildman–Crippen MR) is 108 cm³/mol. The van der Waals surface area contributed by atoms with E-state index >= 15 is 0 Å². The Morgan fingerprint density at radius 1 is 0.967 bits per heavy atom. The van der Waals surface area contributed by atoms with Crippen molar-refractivity contribution in [2.45, 2.75) is 19.7 Å². The Morgan fingerprint density at radius 2 is 1.73 bits per heavy atom. The van der Waals surface area contributed by atoms with E-state index in [0.717, 1.165) is 17.7 Å². The molecular formula is C23H20F3NO3. The zero-order valence-electron chi connectivity index (χ0n) is 16.4. The highest BCUT2D eigenvalue weighted by atomic mass is 19.4. The third kappa shape index (κ3) is 5.11. The van der Waals surface area contributed by atoms with Gasteiger partial charge in [0.15, 0.2) is 0 Å². The summed E-state index contributed by atoms with van der Waals surface area (Å²) in [4.78, 5) is 12.6. The van der Waals surface area contributed by atoms with Crippen LogP contribution < -0.4 is 14.8 Å². The van der Waals surface area contributed by atoms with Gasteiger partial charge in [-0.2, -0.15) is 13.2 Å². The molecule has 3 rings (SSSR count). The summed E-state index contributed by atoms with van der Waals surface area (Å²) in [5.41, 5.74) is 1.11. The summed E-state index contributed by atoms with van der Waals surface area (Å²) in [7, 11) is 1.51. The number of halogens is 3. The highest BCUT2D eigenvalue weighted by molar-refractivity contribution is 6.04. The maximum Gasteiger partial charge on any atom is 0.416 e. The van der Waals surface area contributed by atoms with Gasteiger partial charge in [0.1, 0.15) is 18.1 Å². The standard InChI is InChI=1S/C23H20F3NO3/c1-15-6-3-4-9-20(15)30-14-17-12-16(10-11-21(17)29-2)22(28)27-19-8-5-7-18(13-19)23(24,25)26/h3-13H,14H2,1-2H3,(H,27,28). The third-order valence-electron chi connectivity index (χ3n) is 4.47. The number of hydrogen-bond acceptors (Lipinski definition) is 3. The van der Waals surface area contributed by atoms with Crippen LogP contribution in [0.1, 0.15) is 27.0 Å². The van der Waals surface area contributed by atoms with Gasteiger partial charge in [0.2, 0.25) is 0 Å². The summed E-state index contributed by atoms with van der Waals surface area (Å²) in [6.07, 6.45) is -4.49. The lowest BCUT2D eigenvalue weighted by Crippen LogP contribution is -2.14. The van der Waals surface area contributed by atoms with Crippen LogP contribution in [-0.2, 0) is 12.8 Å². The minimum Gasteiger partial charge on any atom is -0.496 e. The van der Waals surface area contributed by atoms with E-state index in [0.29, 0.717) is 17.1 Å². The van der Waals surface area contributed by atoms with Crippen LogP contribution in [0, 0.1) is 6.92 Å². The van der Waals surface area contributed by atoms with E-state index in [1.165, 1.54) is 19.2 Å². The van der Waals surface area contributed by atoms with Gasteiger partial charge in [-0.25, -0.2) is 0 Å². The SMILES string of the molecule is COc1ccc(C(=O)Nc2cccc(C(F)(F)F)c2)cc1COc1ccccc1C. The Morgan fingerprint density at radius 3 is 2.43 bits per heavy atom. The molecule has 0 atom stereocenters. The molecule has 1 N–H and O–H groups in total. The number of methoxy groups -OCH3 is 1. The van der Waals surface area contributed by atoms with Crippen LogP contribution in [0.3, 0.4) is 0 Å². The molecule has 0 aliphatic heterocycles. The lowest BCUT2D eigenvalue weighted by Gasteiger charge is -2.14. The first-order valence-electron chi connectivity index (χ1n) is 9.12. The molecule has 0 radical (unpaired) electrons. The second-order valence-corrected chi connectivity index (χ2v) is 6.61. The Hall–Kier alpha value is -3.48. The Balaban J connectivity index is 1.78. The number of hydrogen-bond donors (Lipinski definition) is 1. The van der Waals surface area contributed by atoms with E-state index in [2.05, 4.69) is 5.32 Å². The first-order chi connectivity index (χ1) is 14.3. The molecule has 0 saturated heterocycles. The number of anilines is 1. The van der Waals surface area contributed by atoms with Gasteiger partial charge in [-0.1, -0.05) is 24.3 Å². The molecule has 0 spiro atoms. The molecule has 156 valence electrons. The number of alkyl halides is 3. The van der Waals surface area contributed by atoms with Crippen molar-refractivity contribution in [1.29, 1.82) is 0 Å². The number of para-hydroxylation sites is 1. The number of benzene rings is 3. The van der Waals surface area contributed by atoms with Crippen LogP contribution in [0.4, 0.5) is 18.9 Å². The van der Waals surface area contributed by atoms with Gasteiger partial charge in [0.25, 0.3) is 5.91 Å². The molecule has 3 aromatic carbocycles. The number of ether oxygens (including phenoxy) is 2. The van der Waals surface area contributed by atoms with E-state index in [-0.39, 0.29) is 17.9 Å². The van der Waals surface area contributed by atoms with Gasteiger partial charge in [0, 0.05) is 16.8 Å². The lowest BCUT2D eigenvalue weighted by molar-refractivity contribution is -0.137. The fraction of sp³-hybridized carbons (Fsp3) is 0.174. The van der Waals surface area contributed by atoms with Crippen molar-refractivity contribution in [3.63, 3.8) is 0 Å². The molecule has 0 bridgehead atoms. The van der Waals surface area contributed by atoms with Crippen molar-refractivity contribution < 1.29 is 27.4 Å². The zero-order chi connectivity index (χ0) is 21.7. The first-order valence-corrected chi connectivity index (χ1v) is 9.12. The van der Waals surface area contributed by atoms with Gasteiger partial charge in [-0.15, -0.1) is 0 Å². The Kier molecular flexibility index (Phi) is 6.30. The van der Waals surface area contributed by atoms with Crippen LogP contribution >= 0.6 is 0 Å². The summed E-state index contributed by atoms with van der Waals surface area (Å²) in [5.74, 6) is 0.715. The van der Waals surface area contributed by atoms with Crippen LogP contribution in [-0.4, -0.2) is 13.0 Å². The highest BCUT2D eigenvalue weighted by Crippen LogP contribution is 2.31. The fourth-order valence-corrected chi connectivity index (χ4v) is 2.88. The van der Waals surface area contributed by atoms with Gasteiger partial charge in [-0.3, -0.25) is 4.79 Å². The van der Waals surface area contributed by atoms with E-state index in [9.17, 15) is 18.0 Å². The molecule has 0 aromatic heterocycles. The molecule has 30 heavy (non-hydrogen) atoms. The van der Waals surface area contributed by atoms with Crippen LogP contribution in [0.25, 0.3) is 0 Å². The minimum absolute atomic E-state index is 0.0587. The van der Waals surface area contributed by atoms with Crippen LogP contribution in [0.5, 0.6) is 11.5 Å². The molecule has 0 fully saturated rings. The van der Waals surface area contributed by atoms with E-state index in [1.54, 1.807) is 18.2 Å². The van der Waals surface area contributed by atoms with Gasteiger partial charge in [0.05, 0.1) is 12.7 Å². The molecule has 0 heterocycles. The van der Waals surface area contributed by atoms with Crippen molar-refractivity contribution in [1.82, 2.24) is 0 Å². The topological polar surface area (TPSA) is 47.6 Å². The third-order valence-corrected chi connectivity index (χ3v) is 4.47. The average Bonchev–Trinajstić information content (AvgIpc) is 2.72. The summed E-state index contributed by atoms with van der Waals surface area (Å²) < 4.78 is 49.8. The molecule has 1 amide bonds. The van der Waals surface area contributed by atoms with E-state index in [1.807, 2.05) is 31.2 Å². The largest absolute Gasteiger partial charge is 0.496 e. The van der Waals surface area contributed by atoms with Crippen LogP contribution in [0.15, 0.2) is 66.7 Å². The normalized spacial score (nSPS) is 11.1. The molecule has 7 heteroatoms. The monoisotopic (exact) mass is 415 g/mol. The quantitative estimate of drug-likeness (QED) is 0.549. The first kappa shape index (κ1) is 21.2. The smallest absolute Gasteiger partial charge is 0.416 e. The van der Waals surface area contributed by atoms with Crippen LogP contribution in [0.2, 0.25) is 0 Å². The van der Waals surface area contributed by atoms with Crippen molar-refractivity contribution in [2.24, 2.45) is 0 Å². The number of rotatable bonds is 6. The van der Waals surface area contributed by atoms with E-state index < -0.39 is 17.6 Å². The van der Waals surface area contributed by atoms with Crippen molar-refractivity contribution in [3.8, 4) is 11.5 Å². The number of nitrogens with one attached hydrogen (secondary N) is 1.